The van der Waals surface area contributed by atoms with E-state index in [9.17, 15) is 9.59 Å². The number of amides is 2. The number of fused-ring (bicyclic) bond motifs is 1. The molecule has 2 aliphatic heterocycles. The molecule has 4 nitrogen and oxygen atoms in total. The first kappa shape index (κ1) is 14.6. The third kappa shape index (κ3) is 2.18. The predicted octanol–water partition coefficient (Wildman–Crippen LogP) is 2.87. The molecule has 0 N–H and O–H groups in total. The van der Waals surface area contributed by atoms with Gasteiger partial charge in [-0.2, -0.15) is 0 Å². The van der Waals surface area contributed by atoms with Crippen molar-refractivity contribution in [3.8, 4) is 0 Å². The molecule has 1 aromatic carbocycles. The number of rotatable bonds is 2. The molecule has 1 aromatic rings. The van der Waals surface area contributed by atoms with Crippen LogP contribution in [0.4, 0.5) is 5.69 Å². The minimum absolute atomic E-state index is 0.0696. The van der Waals surface area contributed by atoms with Gasteiger partial charge in [-0.3, -0.25) is 14.5 Å². The van der Waals surface area contributed by atoms with Crippen LogP contribution in [0.1, 0.15) is 31.7 Å². The van der Waals surface area contributed by atoms with Crippen LogP contribution in [0.3, 0.4) is 0 Å². The van der Waals surface area contributed by atoms with E-state index in [1.165, 1.54) is 0 Å². The Morgan fingerprint density at radius 2 is 2.05 bits per heavy atom. The predicted molar refractivity (Wildman–Crippen MR) is 85.2 cm³/mol. The SMILES string of the molecule is CCC1C(=O)N2CCCC2C(=O)N1c1cccc(Br)c1C. The topological polar surface area (TPSA) is 40.6 Å². The maximum atomic E-state index is 12.9. The Bertz CT molecular complexity index is 602. The van der Waals surface area contributed by atoms with Gasteiger partial charge in [-0.15, -0.1) is 0 Å². The second-order valence-corrected chi connectivity index (χ2v) is 6.56. The Hall–Kier alpha value is -1.36. The summed E-state index contributed by atoms with van der Waals surface area (Å²) in [7, 11) is 0. The molecular weight excluding hydrogens is 332 g/mol. The zero-order valence-corrected chi connectivity index (χ0v) is 13.9. The second-order valence-electron chi connectivity index (χ2n) is 5.71. The van der Waals surface area contributed by atoms with Crippen molar-refractivity contribution in [1.29, 1.82) is 0 Å². The number of carbonyl (C=O) groups excluding carboxylic acids is 2. The maximum Gasteiger partial charge on any atom is 0.250 e. The van der Waals surface area contributed by atoms with Crippen LogP contribution in [0.5, 0.6) is 0 Å². The van der Waals surface area contributed by atoms with Crippen molar-refractivity contribution in [2.24, 2.45) is 0 Å². The Labute approximate surface area is 133 Å². The molecule has 2 unspecified atom stereocenters. The summed E-state index contributed by atoms with van der Waals surface area (Å²) in [5.41, 5.74) is 1.85. The summed E-state index contributed by atoms with van der Waals surface area (Å²) in [6.45, 7) is 4.66. The van der Waals surface area contributed by atoms with Gasteiger partial charge >= 0.3 is 0 Å². The average molecular weight is 351 g/mol. The van der Waals surface area contributed by atoms with E-state index in [0.29, 0.717) is 6.42 Å². The highest BCUT2D eigenvalue weighted by atomic mass is 79.9. The summed E-state index contributed by atoms with van der Waals surface area (Å²) in [5, 5.41) is 0. The first-order valence-electron chi connectivity index (χ1n) is 7.45. The van der Waals surface area contributed by atoms with E-state index < -0.39 is 0 Å². The number of nitrogens with zero attached hydrogens (tertiary/aromatic N) is 2. The van der Waals surface area contributed by atoms with Gasteiger partial charge in [-0.05, 0) is 43.9 Å². The summed E-state index contributed by atoms with van der Waals surface area (Å²) in [6.07, 6.45) is 2.34. The summed E-state index contributed by atoms with van der Waals surface area (Å²) in [6, 6.07) is 5.16. The molecule has 2 amide bonds. The van der Waals surface area contributed by atoms with Gasteiger partial charge in [-0.25, -0.2) is 0 Å². The minimum Gasteiger partial charge on any atom is -0.329 e. The minimum atomic E-state index is -0.375. The van der Waals surface area contributed by atoms with E-state index >= 15 is 0 Å². The van der Waals surface area contributed by atoms with Gasteiger partial charge in [-0.1, -0.05) is 28.9 Å². The molecule has 3 rings (SSSR count). The molecule has 0 aliphatic carbocycles. The number of hydrogen-bond acceptors (Lipinski definition) is 2. The van der Waals surface area contributed by atoms with Crippen LogP contribution in [0.2, 0.25) is 0 Å². The van der Waals surface area contributed by atoms with Crippen molar-refractivity contribution in [3.63, 3.8) is 0 Å². The third-order valence-electron chi connectivity index (χ3n) is 4.54. The van der Waals surface area contributed by atoms with Crippen LogP contribution >= 0.6 is 15.9 Å². The molecule has 2 saturated heterocycles. The van der Waals surface area contributed by atoms with Crippen LogP contribution in [0.25, 0.3) is 0 Å². The van der Waals surface area contributed by atoms with E-state index in [2.05, 4.69) is 15.9 Å². The van der Waals surface area contributed by atoms with Crippen molar-refractivity contribution in [1.82, 2.24) is 4.90 Å². The van der Waals surface area contributed by atoms with Gasteiger partial charge in [0, 0.05) is 16.7 Å². The van der Waals surface area contributed by atoms with Gasteiger partial charge in [0.25, 0.3) is 5.91 Å². The number of halogens is 1. The van der Waals surface area contributed by atoms with E-state index in [1.807, 2.05) is 32.0 Å². The fraction of sp³-hybridized carbons (Fsp3) is 0.500. The van der Waals surface area contributed by atoms with Crippen LogP contribution in [-0.4, -0.2) is 35.3 Å². The maximum absolute atomic E-state index is 12.9. The molecule has 2 fully saturated rings. The zero-order valence-electron chi connectivity index (χ0n) is 12.3. The van der Waals surface area contributed by atoms with Gasteiger partial charge in [0.05, 0.1) is 0 Å². The summed E-state index contributed by atoms with van der Waals surface area (Å²) < 4.78 is 0.962. The van der Waals surface area contributed by atoms with Gasteiger partial charge in [0.2, 0.25) is 5.91 Å². The van der Waals surface area contributed by atoms with Crippen molar-refractivity contribution < 1.29 is 9.59 Å². The number of benzene rings is 1. The molecule has 0 saturated carbocycles. The molecule has 21 heavy (non-hydrogen) atoms. The standard InChI is InChI=1S/C16H19BrN2O2/c1-3-12-15(20)18-9-5-8-14(18)16(21)19(12)13-7-4-6-11(17)10(13)2/h4,6-7,12,14H,3,5,8-9H2,1-2H3. The molecule has 112 valence electrons. The molecule has 2 aliphatic rings. The van der Waals surface area contributed by atoms with Crippen molar-refractivity contribution >= 4 is 33.4 Å². The lowest BCUT2D eigenvalue weighted by Crippen LogP contribution is -2.63. The monoisotopic (exact) mass is 350 g/mol. The van der Waals surface area contributed by atoms with Gasteiger partial charge in [0.1, 0.15) is 12.1 Å². The van der Waals surface area contributed by atoms with Crippen LogP contribution in [0, 0.1) is 6.92 Å². The van der Waals surface area contributed by atoms with Gasteiger partial charge in [0.15, 0.2) is 0 Å². The largest absolute Gasteiger partial charge is 0.329 e. The number of hydrogen-bond donors (Lipinski definition) is 0. The van der Waals surface area contributed by atoms with Crippen LogP contribution in [-0.2, 0) is 9.59 Å². The van der Waals surface area contributed by atoms with Crippen molar-refractivity contribution in [3.05, 3.63) is 28.2 Å². The normalized spacial score (nSPS) is 25.5. The zero-order chi connectivity index (χ0) is 15.1. The van der Waals surface area contributed by atoms with Gasteiger partial charge < -0.3 is 4.90 Å². The number of piperazine rings is 1. The molecular formula is C16H19BrN2O2. The Balaban J connectivity index is 2.08. The van der Waals surface area contributed by atoms with E-state index in [1.54, 1.807) is 9.80 Å². The molecule has 2 atom stereocenters. The molecule has 2 heterocycles. The lowest BCUT2D eigenvalue weighted by molar-refractivity contribution is -0.144. The highest BCUT2D eigenvalue weighted by Gasteiger charge is 2.47. The quantitative estimate of drug-likeness (QED) is 0.822. The molecule has 0 spiro atoms. The Kier molecular flexibility index (Phi) is 3.78. The number of anilines is 1. The summed E-state index contributed by atoms with van der Waals surface area (Å²) in [4.78, 5) is 29.1. The van der Waals surface area contributed by atoms with Crippen LogP contribution in [0.15, 0.2) is 22.7 Å². The summed E-state index contributed by atoms with van der Waals surface area (Å²) in [5.74, 6) is 0.166. The van der Waals surface area contributed by atoms with Crippen molar-refractivity contribution in [2.75, 3.05) is 11.4 Å². The lowest BCUT2D eigenvalue weighted by Gasteiger charge is -2.42. The van der Waals surface area contributed by atoms with E-state index in [4.69, 9.17) is 0 Å². The third-order valence-corrected chi connectivity index (χ3v) is 5.40. The Morgan fingerprint density at radius 1 is 1.29 bits per heavy atom. The summed E-state index contributed by atoms with van der Waals surface area (Å²) >= 11 is 3.51. The molecule has 0 bridgehead atoms. The Morgan fingerprint density at radius 3 is 2.76 bits per heavy atom. The molecule has 5 heteroatoms. The second kappa shape index (κ2) is 5.44. The van der Waals surface area contributed by atoms with E-state index in [0.717, 1.165) is 35.1 Å². The highest BCUT2D eigenvalue weighted by Crippen LogP contribution is 2.35. The smallest absolute Gasteiger partial charge is 0.250 e. The first-order valence-corrected chi connectivity index (χ1v) is 8.24. The highest BCUT2D eigenvalue weighted by molar-refractivity contribution is 9.10. The van der Waals surface area contributed by atoms with Crippen LogP contribution < -0.4 is 4.90 Å². The fourth-order valence-corrected chi connectivity index (χ4v) is 3.76. The van der Waals surface area contributed by atoms with Crippen molar-refractivity contribution in [2.45, 2.75) is 45.2 Å². The molecule has 0 aromatic heterocycles. The first-order chi connectivity index (χ1) is 10.1. The van der Waals surface area contributed by atoms with E-state index in [-0.39, 0.29) is 23.9 Å². The average Bonchev–Trinajstić information content (AvgIpc) is 2.96. The molecule has 0 radical (unpaired) electrons. The fourth-order valence-electron chi connectivity index (χ4n) is 3.40. The number of carbonyl (C=O) groups is 2. The lowest BCUT2D eigenvalue weighted by atomic mass is 10.0.